The number of nitrogens with one attached hydrogen (secondary N) is 1. The maximum Gasteiger partial charge on any atom is 0.310 e. The summed E-state index contributed by atoms with van der Waals surface area (Å²) < 4.78 is 11.2. The number of carbonyl (C=O) groups is 1. The summed E-state index contributed by atoms with van der Waals surface area (Å²) in [5.41, 5.74) is 0.0762. The zero-order valence-electron chi connectivity index (χ0n) is 17.4. The number of ether oxygens (including phenoxy) is 2. The van der Waals surface area contributed by atoms with Crippen molar-refractivity contribution in [2.24, 2.45) is 5.92 Å². The van der Waals surface area contributed by atoms with Gasteiger partial charge in [-0.3, -0.25) is 15.0 Å². The van der Waals surface area contributed by atoms with Crippen molar-refractivity contribution in [1.29, 1.82) is 0 Å². The van der Waals surface area contributed by atoms with Gasteiger partial charge in [0.2, 0.25) is 0 Å². The fraction of sp³-hybridized carbons (Fsp3) is 0.682. The third kappa shape index (κ3) is 4.34. The van der Waals surface area contributed by atoms with Crippen molar-refractivity contribution in [2.75, 3.05) is 26.8 Å². The molecule has 0 aromatic heterocycles. The standard InChI is InChI=1S/C22H34N2O4/c1-4-5-6-7-17(2)20(26)28-22-13-21(16-25,14-23-22)24(15-22)12-18-8-10-19(27-3)11-9-18/h8-11,17,23,25H,4-7,12-16H2,1-3H3/t17?,21-,22-/m0/s1. The number of fused-ring (bicyclic) bond motifs is 2. The van der Waals surface area contributed by atoms with Crippen LogP contribution in [0.1, 0.15) is 51.5 Å². The number of unbranched alkanes of at least 4 members (excludes halogenated alkanes) is 2. The van der Waals surface area contributed by atoms with Crippen molar-refractivity contribution in [3.8, 4) is 5.75 Å². The average Bonchev–Trinajstić information content (AvgIpc) is 3.22. The Morgan fingerprint density at radius 2 is 2.07 bits per heavy atom. The first kappa shape index (κ1) is 21.1. The normalized spacial score (nSPS) is 27.7. The van der Waals surface area contributed by atoms with Gasteiger partial charge in [0.1, 0.15) is 5.75 Å². The van der Waals surface area contributed by atoms with Crippen LogP contribution in [0.5, 0.6) is 5.75 Å². The molecule has 2 fully saturated rings. The average molecular weight is 391 g/mol. The molecular weight excluding hydrogens is 356 g/mol. The highest BCUT2D eigenvalue weighted by Crippen LogP contribution is 2.43. The Balaban J connectivity index is 1.64. The van der Waals surface area contributed by atoms with Gasteiger partial charge in [0.05, 0.1) is 31.7 Å². The number of hydrogen-bond acceptors (Lipinski definition) is 6. The Morgan fingerprint density at radius 3 is 2.71 bits per heavy atom. The fourth-order valence-corrected chi connectivity index (χ4v) is 4.40. The minimum Gasteiger partial charge on any atom is -0.497 e. The highest BCUT2D eigenvalue weighted by Gasteiger charge is 2.61. The van der Waals surface area contributed by atoms with Gasteiger partial charge in [-0.05, 0) is 24.1 Å². The van der Waals surface area contributed by atoms with Crippen LogP contribution in [0.3, 0.4) is 0 Å². The van der Waals surface area contributed by atoms with Crippen LogP contribution in [-0.2, 0) is 16.1 Å². The molecule has 0 amide bonds. The van der Waals surface area contributed by atoms with Gasteiger partial charge < -0.3 is 14.6 Å². The summed E-state index contributed by atoms with van der Waals surface area (Å²) in [7, 11) is 1.65. The molecule has 2 aliphatic heterocycles. The number of esters is 1. The zero-order valence-corrected chi connectivity index (χ0v) is 17.4. The summed E-state index contributed by atoms with van der Waals surface area (Å²) in [5.74, 6) is 0.596. The van der Waals surface area contributed by atoms with Gasteiger partial charge in [-0.2, -0.15) is 0 Å². The third-order valence-corrected chi connectivity index (χ3v) is 6.24. The summed E-state index contributed by atoms with van der Waals surface area (Å²) >= 11 is 0. The number of aliphatic hydroxyl groups excluding tert-OH is 1. The second-order valence-electron chi connectivity index (χ2n) is 8.43. The van der Waals surface area contributed by atoms with E-state index in [1.54, 1.807) is 7.11 Å². The monoisotopic (exact) mass is 390 g/mol. The van der Waals surface area contributed by atoms with Gasteiger partial charge in [0.25, 0.3) is 0 Å². The molecule has 1 unspecified atom stereocenters. The van der Waals surface area contributed by atoms with Crippen LogP contribution in [-0.4, -0.2) is 54.0 Å². The molecule has 156 valence electrons. The number of benzene rings is 1. The maximum atomic E-state index is 12.6. The molecule has 0 saturated carbocycles. The largest absolute Gasteiger partial charge is 0.497 e. The molecule has 3 rings (SSSR count). The van der Waals surface area contributed by atoms with E-state index in [-0.39, 0.29) is 24.0 Å². The molecule has 0 aliphatic carbocycles. The van der Waals surface area contributed by atoms with E-state index in [1.807, 2.05) is 31.2 Å². The lowest BCUT2D eigenvalue weighted by molar-refractivity contribution is -0.166. The first-order chi connectivity index (χ1) is 13.5. The van der Waals surface area contributed by atoms with Crippen LogP contribution >= 0.6 is 0 Å². The first-order valence-electron chi connectivity index (χ1n) is 10.4. The minimum atomic E-state index is -0.689. The lowest BCUT2D eigenvalue weighted by Gasteiger charge is -2.39. The van der Waals surface area contributed by atoms with Crippen LogP contribution in [0.4, 0.5) is 0 Å². The predicted octanol–water partition coefficient (Wildman–Crippen LogP) is 2.69. The van der Waals surface area contributed by atoms with E-state index in [0.717, 1.165) is 37.0 Å². The quantitative estimate of drug-likeness (QED) is 0.473. The third-order valence-electron chi connectivity index (χ3n) is 6.24. The number of hydrogen-bond donors (Lipinski definition) is 2. The molecule has 0 radical (unpaired) electrons. The van der Waals surface area contributed by atoms with Gasteiger partial charge in [0.15, 0.2) is 5.72 Å². The number of piperazine rings is 1. The van der Waals surface area contributed by atoms with Gasteiger partial charge in [-0.15, -0.1) is 0 Å². The highest BCUT2D eigenvalue weighted by atomic mass is 16.6. The highest BCUT2D eigenvalue weighted by molar-refractivity contribution is 5.72. The lowest BCUT2D eigenvalue weighted by atomic mass is 9.98. The van der Waals surface area contributed by atoms with Crippen molar-refractivity contribution in [3.05, 3.63) is 29.8 Å². The lowest BCUT2D eigenvalue weighted by Crippen LogP contribution is -2.58. The van der Waals surface area contributed by atoms with Crippen molar-refractivity contribution >= 4 is 5.97 Å². The smallest absolute Gasteiger partial charge is 0.310 e. The zero-order chi connectivity index (χ0) is 20.2. The summed E-state index contributed by atoms with van der Waals surface area (Å²) in [6.45, 7) is 6.07. The van der Waals surface area contributed by atoms with Crippen LogP contribution in [0.15, 0.2) is 24.3 Å². The molecule has 2 heterocycles. The van der Waals surface area contributed by atoms with Crippen LogP contribution in [0.2, 0.25) is 0 Å². The van der Waals surface area contributed by atoms with Gasteiger partial charge in [-0.1, -0.05) is 45.2 Å². The second kappa shape index (κ2) is 8.80. The van der Waals surface area contributed by atoms with Gasteiger partial charge in [0, 0.05) is 19.5 Å². The molecule has 2 N–H and O–H groups in total. The molecule has 2 saturated heterocycles. The molecule has 2 aliphatic rings. The Labute approximate surface area is 168 Å². The van der Waals surface area contributed by atoms with E-state index >= 15 is 0 Å². The molecule has 0 spiro atoms. The van der Waals surface area contributed by atoms with E-state index in [1.165, 1.54) is 0 Å². The van der Waals surface area contributed by atoms with E-state index < -0.39 is 5.72 Å². The van der Waals surface area contributed by atoms with E-state index in [0.29, 0.717) is 26.1 Å². The molecule has 1 aromatic rings. The number of carbonyl (C=O) groups excluding carboxylic acids is 1. The van der Waals surface area contributed by atoms with Crippen molar-refractivity contribution in [1.82, 2.24) is 10.2 Å². The molecule has 3 atom stereocenters. The minimum absolute atomic E-state index is 0.0432. The SMILES string of the molecule is CCCCCC(C)C(=O)O[C@@]12CN(Cc3ccc(OC)cc3)[C@](CO)(CN1)C2. The number of methoxy groups -OCH3 is 1. The number of nitrogens with zero attached hydrogens (tertiary/aromatic N) is 1. The van der Waals surface area contributed by atoms with Crippen LogP contribution in [0.25, 0.3) is 0 Å². The molecule has 1 aromatic carbocycles. The van der Waals surface area contributed by atoms with E-state index in [2.05, 4.69) is 17.1 Å². The summed E-state index contributed by atoms with van der Waals surface area (Å²) in [6.07, 6.45) is 4.83. The van der Waals surface area contributed by atoms with Crippen LogP contribution < -0.4 is 10.1 Å². The van der Waals surface area contributed by atoms with Gasteiger partial charge in [-0.25, -0.2) is 0 Å². The van der Waals surface area contributed by atoms with E-state index in [4.69, 9.17) is 9.47 Å². The summed E-state index contributed by atoms with van der Waals surface area (Å²) in [6, 6.07) is 7.97. The molecule has 2 bridgehead atoms. The molecule has 6 heteroatoms. The number of likely N-dealkylation sites (tertiary alicyclic amines) is 1. The van der Waals surface area contributed by atoms with Crippen LogP contribution in [0, 0.1) is 5.92 Å². The Morgan fingerprint density at radius 1 is 1.32 bits per heavy atom. The van der Waals surface area contributed by atoms with Crippen molar-refractivity contribution in [2.45, 2.75) is 63.8 Å². The molecule has 28 heavy (non-hydrogen) atoms. The summed E-state index contributed by atoms with van der Waals surface area (Å²) in [5, 5.41) is 13.5. The Hall–Kier alpha value is -1.63. The number of rotatable bonds is 10. The topological polar surface area (TPSA) is 71.0 Å². The molecule has 6 nitrogen and oxygen atoms in total. The van der Waals surface area contributed by atoms with Crippen molar-refractivity contribution in [3.63, 3.8) is 0 Å². The van der Waals surface area contributed by atoms with Crippen molar-refractivity contribution < 1.29 is 19.4 Å². The Bertz CT molecular complexity index is 665. The first-order valence-corrected chi connectivity index (χ1v) is 10.4. The maximum absolute atomic E-state index is 12.6. The van der Waals surface area contributed by atoms with Gasteiger partial charge >= 0.3 is 5.97 Å². The fourth-order valence-electron chi connectivity index (χ4n) is 4.40. The Kier molecular flexibility index (Phi) is 6.63. The van der Waals surface area contributed by atoms with E-state index in [9.17, 15) is 9.90 Å². The second-order valence-corrected chi connectivity index (χ2v) is 8.43. The summed E-state index contributed by atoms with van der Waals surface area (Å²) in [4.78, 5) is 14.9. The number of aliphatic hydroxyl groups is 1. The predicted molar refractivity (Wildman–Crippen MR) is 108 cm³/mol. The molecular formula is C22H34N2O4.